The molecule has 0 aromatic heterocycles. The van der Waals surface area contributed by atoms with E-state index < -0.39 is 0 Å². The summed E-state index contributed by atoms with van der Waals surface area (Å²) in [6.07, 6.45) is 0. The van der Waals surface area contributed by atoms with Crippen molar-refractivity contribution < 1.29 is 126 Å². The summed E-state index contributed by atoms with van der Waals surface area (Å²) in [5.41, 5.74) is 0. The molecule has 0 heterocycles. The van der Waals surface area contributed by atoms with Crippen LogP contribution < -0.4 is 103 Å². The molecule has 0 atom stereocenters. The molecule has 0 saturated heterocycles. The summed E-state index contributed by atoms with van der Waals surface area (Å²) in [6.45, 7) is 0. The van der Waals surface area contributed by atoms with Crippen LogP contribution in [-0.4, -0.2) is 0 Å². The van der Waals surface area contributed by atoms with Crippen molar-refractivity contribution in [2.45, 2.75) is 0 Å². The zero-order valence-corrected chi connectivity index (χ0v) is 18.3. The van der Waals surface area contributed by atoms with Crippen molar-refractivity contribution in [3.05, 3.63) is 0 Å². The van der Waals surface area contributed by atoms with Crippen molar-refractivity contribution in [3.8, 4) is 0 Å². The van der Waals surface area contributed by atoms with Crippen molar-refractivity contribution in [1.82, 2.24) is 0 Å². The standard InChI is InChI=1S/6ClH.Ir.2K.2H/h6*1H;;;;;/q;;;;;;;2*+1;2*-1. The van der Waals surface area contributed by atoms with Crippen LogP contribution in [0.15, 0.2) is 0 Å². The van der Waals surface area contributed by atoms with Crippen molar-refractivity contribution in [2.24, 2.45) is 0 Å². The molecule has 0 aliphatic rings. The minimum absolute atomic E-state index is 0. The Balaban J connectivity index is 0. The molecule has 0 aromatic rings. The second-order valence-corrected chi connectivity index (χ2v) is 0. The second-order valence-electron chi connectivity index (χ2n) is 0. The molecule has 0 saturated carbocycles. The summed E-state index contributed by atoms with van der Waals surface area (Å²) in [6, 6.07) is 0. The molecule has 0 aromatic carbocycles. The van der Waals surface area contributed by atoms with Gasteiger partial charge in [-0.25, -0.2) is 0 Å². The first-order valence-electron chi connectivity index (χ1n) is 0. The van der Waals surface area contributed by atoms with E-state index in [1.165, 1.54) is 0 Å². The predicted molar refractivity (Wildman–Crippen MR) is 45.7 cm³/mol. The molecule has 0 spiro atoms. The van der Waals surface area contributed by atoms with Crippen LogP contribution >= 0.6 is 74.4 Å². The van der Waals surface area contributed by atoms with Gasteiger partial charge < -0.3 is 2.85 Å². The summed E-state index contributed by atoms with van der Waals surface area (Å²) >= 11 is 0. The van der Waals surface area contributed by atoms with Gasteiger partial charge in [0.25, 0.3) is 0 Å². The Kier molecular flexibility index (Phi) is 648. The van der Waals surface area contributed by atoms with E-state index in [0.29, 0.717) is 0 Å². The summed E-state index contributed by atoms with van der Waals surface area (Å²) < 4.78 is 0. The second kappa shape index (κ2) is 68.3. The molecule has 9 heteroatoms. The van der Waals surface area contributed by atoms with Gasteiger partial charge in [0.1, 0.15) is 0 Å². The first-order valence-corrected chi connectivity index (χ1v) is 0. The molecule has 0 bridgehead atoms. The maximum atomic E-state index is 0. The fourth-order valence-corrected chi connectivity index (χ4v) is 0. The van der Waals surface area contributed by atoms with Crippen LogP contribution in [0.1, 0.15) is 2.85 Å². The average Bonchev–Trinajstić information content (AvgIpc) is 0. The van der Waals surface area contributed by atoms with Gasteiger partial charge in [-0.15, -0.1) is 74.4 Å². The molecule has 0 unspecified atom stereocenters. The maximum absolute atomic E-state index is 0. The average molecular weight is 491 g/mol. The minimum atomic E-state index is 0. The third-order valence-electron chi connectivity index (χ3n) is 0. The Labute approximate surface area is 195 Å². The van der Waals surface area contributed by atoms with E-state index in [1.807, 2.05) is 0 Å². The van der Waals surface area contributed by atoms with Gasteiger partial charge >= 0.3 is 103 Å². The van der Waals surface area contributed by atoms with Gasteiger partial charge in [0, 0.05) is 20.1 Å². The van der Waals surface area contributed by atoms with E-state index in [0.717, 1.165) is 0 Å². The molecule has 9 heavy (non-hydrogen) atoms. The molecule has 0 aliphatic heterocycles. The molecule has 61 valence electrons. The molecule has 1 radical (unpaired) electrons. The monoisotopic (exact) mass is 489 g/mol. The van der Waals surface area contributed by atoms with E-state index >= 15 is 0 Å². The van der Waals surface area contributed by atoms with E-state index in [9.17, 15) is 0 Å². The number of hydrogen-bond acceptors (Lipinski definition) is 0. The van der Waals surface area contributed by atoms with Gasteiger partial charge in [-0.1, -0.05) is 0 Å². The number of rotatable bonds is 0. The number of hydrogen-bond donors (Lipinski definition) is 0. The van der Waals surface area contributed by atoms with Crippen LogP contribution in [-0.2, 0) is 20.1 Å². The fourth-order valence-electron chi connectivity index (χ4n) is 0. The van der Waals surface area contributed by atoms with Crippen LogP contribution in [0.5, 0.6) is 0 Å². The van der Waals surface area contributed by atoms with E-state index in [1.54, 1.807) is 0 Å². The van der Waals surface area contributed by atoms with Crippen molar-refractivity contribution >= 4 is 74.4 Å². The molecule has 0 rings (SSSR count). The van der Waals surface area contributed by atoms with Crippen molar-refractivity contribution in [1.29, 1.82) is 0 Å². The zero-order valence-electron chi connectivity index (χ0n) is 6.78. The van der Waals surface area contributed by atoms with Crippen LogP contribution in [0.2, 0.25) is 0 Å². The van der Waals surface area contributed by atoms with Crippen LogP contribution in [0, 0.1) is 0 Å². The first kappa shape index (κ1) is 85.4. The van der Waals surface area contributed by atoms with Crippen molar-refractivity contribution in [2.75, 3.05) is 0 Å². The molecule has 0 amide bonds. The van der Waals surface area contributed by atoms with Gasteiger partial charge in [0.2, 0.25) is 0 Å². The fraction of sp³-hybridized carbons (Fsp3) is 0. The predicted octanol–water partition coefficient (Wildman–Crippen LogP) is -3.24. The SMILES string of the molecule is Cl.Cl.Cl.Cl.Cl.Cl.[H-].[H-].[Ir].[K+].[K+]. The third kappa shape index (κ3) is 58.0. The molecule has 0 N–H and O–H groups in total. The molecule has 0 nitrogen and oxygen atoms in total. The van der Waals surface area contributed by atoms with E-state index in [4.69, 9.17) is 0 Å². The Hall–Kier alpha value is 5.66. The van der Waals surface area contributed by atoms with E-state index in [2.05, 4.69) is 0 Å². The largest absolute Gasteiger partial charge is 1.00 e. The van der Waals surface area contributed by atoms with Crippen LogP contribution in [0.25, 0.3) is 0 Å². The quantitative estimate of drug-likeness (QED) is 0.313. The topological polar surface area (TPSA) is 0 Å². The Bertz CT molecular complexity index is 18.5. The third-order valence-corrected chi connectivity index (χ3v) is 0. The van der Waals surface area contributed by atoms with Gasteiger partial charge in [-0.3, -0.25) is 0 Å². The maximum Gasteiger partial charge on any atom is 1.00 e. The molecular formula is H8Cl6IrK2. The molecular weight excluding hydrogens is 483 g/mol. The van der Waals surface area contributed by atoms with E-state index in [-0.39, 0.29) is 200 Å². The van der Waals surface area contributed by atoms with Crippen LogP contribution in [0.4, 0.5) is 0 Å². The van der Waals surface area contributed by atoms with Gasteiger partial charge in [-0.05, 0) is 0 Å². The smallest absolute Gasteiger partial charge is 1.00 e. The van der Waals surface area contributed by atoms with Crippen molar-refractivity contribution in [3.63, 3.8) is 0 Å². The summed E-state index contributed by atoms with van der Waals surface area (Å²) in [7, 11) is 0. The van der Waals surface area contributed by atoms with Crippen LogP contribution in [0.3, 0.4) is 0 Å². The molecule has 0 fully saturated rings. The Morgan fingerprint density at radius 2 is 0.444 bits per heavy atom. The minimum Gasteiger partial charge on any atom is -1.00 e. The zero-order chi connectivity index (χ0) is 0. The Morgan fingerprint density at radius 1 is 0.444 bits per heavy atom. The molecule has 0 aliphatic carbocycles. The summed E-state index contributed by atoms with van der Waals surface area (Å²) in [4.78, 5) is 0. The van der Waals surface area contributed by atoms with Gasteiger partial charge in [-0.2, -0.15) is 0 Å². The van der Waals surface area contributed by atoms with Gasteiger partial charge in [0.15, 0.2) is 0 Å². The first-order chi connectivity index (χ1) is 0. The Morgan fingerprint density at radius 3 is 0.444 bits per heavy atom. The summed E-state index contributed by atoms with van der Waals surface area (Å²) in [5, 5.41) is 0. The van der Waals surface area contributed by atoms with Gasteiger partial charge in [0.05, 0.1) is 0 Å². The number of halogens is 6. The normalized spacial score (nSPS) is 0. The summed E-state index contributed by atoms with van der Waals surface area (Å²) in [5.74, 6) is 0.